The van der Waals surface area contributed by atoms with Crippen molar-refractivity contribution in [3.8, 4) is 0 Å². The van der Waals surface area contributed by atoms with Gasteiger partial charge in [0.2, 0.25) is 0 Å². The molecule has 1 atom stereocenters. The number of carboxylic acid groups (broad SMARTS) is 1. The lowest BCUT2D eigenvalue weighted by atomic mass is 9.89. The fourth-order valence-corrected chi connectivity index (χ4v) is 2.62. The van der Waals surface area contributed by atoms with E-state index in [0.717, 1.165) is 11.8 Å². The van der Waals surface area contributed by atoms with Gasteiger partial charge in [0.15, 0.2) is 0 Å². The molecule has 0 saturated heterocycles. The van der Waals surface area contributed by atoms with Gasteiger partial charge in [-0.25, -0.2) is 4.79 Å². The minimum Gasteiger partial charge on any atom is -0.477 e. The Labute approximate surface area is 132 Å². The van der Waals surface area contributed by atoms with Gasteiger partial charge in [-0.2, -0.15) is 5.10 Å². The number of aliphatic hydroxyl groups is 1. The fourth-order valence-electron chi connectivity index (χ4n) is 2.19. The maximum atomic E-state index is 10.9. The Bertz CT molecular complexity index is 561. The molecule has 21 heavy (non-hydrogen) atoms. The second-order valence-corrected chi connectivity index (χ2v) is 6.33. The molecule has 5 nitrogen and oxygen atoms in total. The number of carboxylic acids is 1. The monoisotopic (exact) mass is 330 g/mol. The van der Waals surface area contributed by atoms with Gasteiger partial charge in [0.05, 0.1) is 11.4 Å². The van der Waals surface area contributed by atoms with Crippen LogP contribution in [0.4, 0.5) is 0 Å². The van der Waals surface area contributed by atoms with Crippen LogP contribution in [-0.2, 0) is 11.2 Å². The van der Waals surface area contributed by atoms with E-state index in [9.17, 15) is 9.90 Å². The lowest BCUT2D eigenvalue weighted by Crippen LogP contribution is -2.50. The van der Waals surface area contributed by atoms with Gasteiger partial charge < -0.3 is 15.6 Å². The number of hydrogen-bond donors (Lipinski definition) is 3. The van der Waals surface area contributed by atoms with Gasteiger partial charge in [-0.3, -0.25) is 0 Å². The molecule has 0 spiro atoms. The first-order valence-electron chi connectivity index (χ1n) is 6.50. The lowest BCUT2D eigenvalue weighted by molar-refractivity contribution is -0.128. The molecule has 1 aromatic rings. The smallest absolute Gasteiger partial charge is 0.348 e. The van der Waals surface area contributed by atoms with E-state index in [1.165, 1.54) is 0 Å². The summed E-state index contributed by atoms with van der Waals surface area (Å²) in [7, 11) is 0. The van der Waals surface area contributed by atoms with E-state index < -0.39 is 16.4 Å². The molecule has 1 fully saturated rings. The zero-order chi connectivity index (χ0) is 15.5. The van der Waals surface area contributed by atoms with Gasteiger partial charge in [0.1, 0.15) is 11.8 Å². The van der Waals surface area contributed by atoms with Crippen molar-refractivity contribution in [3.63, 3.8) is 0 Å². The molecule has 1 aliphatic rings. The first-order chi connectivity index (χ1) is 9.86. The first-order valence-corrected chi connectivity index (χ1v) is 7.25. The van der Waals surface area contributed by atoms with Crippen molar-refractivity contribution in [2.24, 2.45) is 5.10 Å². The number of nitrogens with zero attached hydrogens (tertiary/aromatic N) is 1. The molecule has 2 rings (SSSR count). The van der Waals surface area contributed by atoms with Gasteiger partial charge in [-0.15, -0.1) is 11.6 Å². The largest absolute Gasteiger partial charge is 0.477 e. The van der Waals surface area contributed by atoms with Gasteiger partial charge >= 0.3 is 5.97 Å². The molecule has 0 heterocycles. The van der Waals surface area contributed by atoms with Crippen LogP contribution in [0.3, 0.4) is 0 Å². The zero-order valence-electron chi connectivity index (χ0n) is 11.2. The number of rotatable bonds is 7. The highest BCUT2D eigenvalue weighted by Gasteiger charge is 2.57. The second-order valence-electron chi connectivity index (χ2n) is 5.20. The van der Waals surface area contributed by atoms with Crippen LogP contribution in [0.1, 0.15) is 18.4 Å². The molecule has 0 bridgehead atoms. The van der Waals surface area contributed by atoms with Crippen LogP contribution in [0.15, 0.2) is 29.4 Å². The summed E-state index contributed by atoms with van der Waals surface area (Å²) >= 11 is 12.5. The number of hydrazone groups is 1. The summed E-state index contributed by atoms with van der Waals surface area (Å²) in [5, 5.41) is 23.5. The molecule has 1 saturated carbocycles. The minimum atomic E-state index is -1.25. The maximum Gasteiger partial charge on any atom is 0.348 e. The van der Waals surface area contributed by atoms with Crippen LogP contribution < -0.4 is 5.43 Å². The van der Waals surface area contributed by atoms with Crippen molar-refractivity contribution in [2.45, 2.75) is 29.7 Å². The van der Waals surface area contributed by atoms with Gasteiger partial charge in [-0.05, 0) is 24.5 Å². The highest BCUT2D eigenvalue weighted by atomic mass is 35.5. The number of aliphatic carboxylic acids is 1. The van der Waals surface area contributed by atoms with Crippen LogP contribution in [0.25, 0.3) is 0 Å². The van der Waals surface area contributed by atoms with Gasteiger partial charge in [0, 0.05) is 11.4 Å². The van der Waals surface area contributed by atoms with E-state index in [0.29, 0.717) is 17.9 Å². The first kappa shape index (κ1) is 16.1. The molecule has 0 aliphatic heterocycles. The summed E-state index contributed by atoms with van der Waals surface area (Å²) < 4.78 is 0. The Morgan fingerprint density at radius 2 is 2.14 bits per heavy atom. The van der Waals surface area contributed by atoms with Crippen molar-refractivity contribution in [1.82, 2.24) is 5.43 Å². The number of carbonyl (C=O) groups is 1. The molecule has 1 aliphatic carbocycles. The predicted octanol–water partition coefficient (Wildman–Crippen LogP) is 2.04. The molecule has 114 valence electrons. The molecule has 1 aromatic carbocycles. The SMILES string of the molecule is O=C(O)C=NNC[C@@](O)(Cc1ccccc1Cl)C1(Cl)CC1. The summed E-state index contributed by atoms with van der Waals surface area (Å²) in [5.74, 6) is -1.16. The summed E-state index contributed by atoms with van der Waals surface area (Å²) in [6, 6.07) is 7.23. The van der Waals surface area contributed by atoms with Crippen molar-refractivity contribution < 1.29 is 15.0 Å². The normalized spacial score (nSPS) is 19.2. The quantitative estimate of drug-likeness (QED) is 0.406. The summed E-state index contributed by atoms with van der Waals surface area (Å²) in [5.41, 5.74) is 2.09. The summed E-state index contributed by atoms with van der Waals surface area (Å²) in [4.78, 5) is 9.65. The maximum absolute atomic E-state index is 10.9. The average Bonchev–Trinajstić information content (AvgIpc) is 3.17. The van der Waals surface area contributed by atoms with E-state index in [1.54, 1.807) is 6.07 Å². The van der Waals surface area contributed by atoms with Gasteiger partial charge in [0.25, 0.3) is 0 Å². The third-order valence-corrected chi connectivity index (χ3v) is 4.70. The van der Waals surface area contributed by atoms with Crippen molar-refractivity contribution >= 4 is 35.4 Å². The van der Waals surface area contributed by atoms with E-state index in [1.807, 2.05) is 18.2 Å². The van der Waals surface area contributed by atoms with Crippen molar-refractivity contribution in [2.75, 3.05) is 6.54 Å². The molecule has 0 aromatic heterocycles. The number of alkyl halides is 1. The standard InChI is InChI=1S/C14H16Cl2N2O3/c15-11-4-2-1-3-10(11)7-14(21,13(16)5-6-13)9-18-17-8-12(19)20/h1-4,8,18,21H,5-7,9H2,(H,19,20)/t14-/m0/s1. The molecule has 0 unspecified atom stereocenters. The number of hydrogen-bond acceptors (Lipinski definition) is 4. The second kappa shape index (κ2) is 6.22. The summed E-state index contributed by atoms with van der Waals surface area (Å²) in [6.07, 6.45) is 2.38. The average molecular weight is 331 g/mol. The van der Waals surface area contributed by atoms with E-state index in [2.05, 4.69) is 10.5 Å². The Balaban J connectivity index is 2.11. The molecule has 0 amide bonds. The number of nitrogens with one attached hydrogen (secondary N) is 1. The van der Waals surface area contributed by atoms with Crippen LogP contribution in [0.2, 0.25) is 5.02 Å². The van der Waals surface area contributed by atoms with Crippen LogP contribution in [0.5, 0.6) is 0 Å². The lowest BCUT2D eigenvalue weighted by Gasteiger charge is -2.33. The molecular formula is C14H16Cl2N2O3. The van der Waals surface area contributed by atoms with Crippen LogP contribution >= 0.6 is 23.2 Å². The molecule has 0 radical (unpaired) electrons. The Hall–Kier alpha value is -1.30. The van der Waals surface area contributed by atoms with Crippen LogP contribution in [-0.4, -0.2) is 39.4 Å². The summed E-state index contributed by atoms with van der Waals surface area (Å²) in [6.45, 7) is 0.0471. The third kappa shape index (κ3) is 3.87. The fraction of sp³-hybridized carbons (Fsp3) is 0.429. The molecule has 7 heteroatoms. The Morgan fingerprint density at radius 1 is 1.48 bits per heavy atom. The number of benzene rings is 1. The topological polar surface area (TPSA) is 81.9 Å². The van der Waals surface area contributed by atoms with E-state index in [-0.39, 0.29) is 13.0 Å². The predicted molar refractivity (Wildman–Crippen MR) is 82.1 cm³/mol. The van der Waals surface area contributed by atoms with Crippen LogP contribution in [0, 0.1) is 0 Å². The minimum absolute atomic E-state index is 0.0471. The number of halogens is 2. The molecular weight excluding hydrogens is 315 g/mol. The highest BCUT2D eigenvalue weighted by Crippen LogP contribution is 2.52. The van der Waals surface area contributed by atoms with Gasteiger partial charge in [-0.1, -0.05) is 29.8 Å². The highest BCUT2D eigenvalue weighted by molar-refractivity contribution is 6.31. The van der Waals surface area contributed by atoms with E-state index >= 15 is 0 Å². The third-order valence-electron chi connectivity index (χ3n) is 3.60. The van der Waals surface area contributed by atoms with Crippen molar-refractivity contribution in [1.29, 1.82) is 0 Å². The van der Waals surface area contributed by atoms with Crippen molar-refractivity contribution in [3.05, 3.63) is 34.9 Å². The Kier molecular flexibility index (Phi) is 4.76. The Morgan fingerprint density at radius 3 is 2.71 bits per heavy atom. The zero-order valence-corrected chi connectivity index (χ0v) is 12.7. The van der Waals surface area contributed by atoms with E-state index in [4.69, 9.17) is 28.3 Å². The molecule has 3 N–H and O–H groups in total.